The monoisotopic (exact) mass is 445 g/mol. The van der Waals surface area contributed by atoms with E-state index in [1.54, 1.807) is 23.1 Å². The van der Waals surface area contributed by atoms with Crippen LogP contribution in [0.4, 0.5) is 13.2 Å². The molecule has 1 unspecified atom stereocenters. The van der Waals surface area contributed by atoms with Gasteiger partial charge in [0.25, 0.3) is 0 Å². The predicted octanol–water partition coefficient (Wildman–Crippen LogP) is 3.16. The standard InChI is InChI=1S/C22H22F3N5O2/c23-22(24,25)18-12-14(15-6-1-2-7-16(15)26-18)13-29-21(32)30-17(8-5-9-19(30)27-29)20(31)28-10-3-4-11-28/h1-2,6-7,12,17H,3-5,8-11,13H2. The van der Waals surface area contributed by atoms with Crippen molar-refractivity contribution in [1.29, 1.82) is 0 Å². The van der Waals surface area contributed by atoms with Crippen molar-refractivity contribution >= 4 is 16.8 Å². The number of hydrogen-bond donors (Lipinski definition) is 0. The van der Waals surface area contributed by atoms with Crippen LogP contribution in [0.15, 0.2) is 35.1 Å². The molecule has 0 saturated carbocycles. The second-order valence-corrected chi connectivity index (χ2v) is 8.35. The zero-order valence-electron chi connectivity index (χ0n) is 17.3. The molecule has 0 N–H and O–H groups in total. The maximum Gasteiger partial charge on any atom is 0.433 e. The molecule has 0 bridgehead atoms. The van der Waals surface area contributed by atoms with Crippen molar-refractivity contribution in [2.45, 2.75) is 50.9 Å². The lowest BCUT2D eigenvalue weighted by atomic mass is 10.0. The van der Waals surface area contributed by atoms with E-state index < -0.39 is 23.6 Å². The van der Waals surface area contributed by atoms with E-state index in [2.05, 4.69) is 10.1 Å². The number of amides is 1. The van der Waals surface area contributed by atoms with Crippen LogP contribution in [0.1, 0.15) is 48.8 Å². The van der Waals surface area contributed by atoms with Crippen LogP contribution in [-0.2, 0) is 23.9 Å². The van der Waals surface area contributed by atoms with Gasteiger partial charge in [0, 0.05) is 24.9 Å². The summed E-state index contributed by atoms with van der Waals surface area (Å²) in [4.78, 5) is 31.7. The lowest BCUT2D eigenvalue weighted by Crippen LogP contribution is -2.41. The average molecular weight is 445 g/mol. The topological polar surface area (TPSA) is 73.0 Å². The molecule has 168 valence electrons. The minimum atomic E-state index is -4.61. The summed E-state index contributed by atoms with van der Waals surface area (Å²) in [6.07, 6.45) is -0.852. The number of likely N-dealkylation sites (tertiary alicyclic amines) is 1. The minimum Gasteiger partial charge on any atom is -0.341 e. The Morgan fingerprint density at radius 2 is 1.88 bits per heavy atom. The number of benzene rings is 1. The third kappa shape index (κ3) is 3.57. The van der Waals surface area contributed by atoms with E-state index in [1.165, 1.54) is 15.3 Å². The number of rotatable bonds is 3. The molecule has 5 rings (SSSR count). The smallest absolute Gasteiger partial charge is 0.341 e. The van der Waals surface area contributed by atoms with Crippen LogP contribution >= 0.6 is 0 Å². The van der Waals surface area contributed by atoms with Gasteiger partial charge in [-0.25, -0.2) is 14.5 Å². The van der Waals surface area contributed by atoms with Gasteiger partial charge in [0.2, 0.25) is 5.91 Å². The van der Waals surface area contributed by atoms with Crippen molar-refractivity contribution in [2.24, 2.45) is 0 Å². The molecule has 1 amide bonds. The van der Waals surface area contributed by atoms with E-state index in [0.717, 1.165) is 25.3 Å². The van der Waals surface area contributed by atoms with Gasteiger partial charge in [0.1, 0.15) is 17.6 Å². The second-order valence-electron chi connectivity index (χ2n) is 8.35. The van der Waals surface area contributed by atoms with Gasteiger partial charge in [-0.15, -0.1) is 0 Å². The first-order chi connectivity index (χ1) is 15.3. The van der Waals surface area contributed by atoms with Gasteiger partial charge in [-0.3, -0.25) is 9.36 Å². The number of aryl methyl sites for hydroxylation is 1. The van der Waals surface area contributed by atoms with E-state index in [-0.39, 0.29) is 18.0 Å². The lowest BCUT2D eigenvalue weighted by Gasteiger charge is -2.27. The van der Waals surface area contributed by atoms with Gasteiger partial charge in [0.05, 0.1) is 12.1 Å². The number of carbonyl (C=O) groups is 1. The molecule has 0 aliphatic carbocycles. The number of alkyl halides is 3. The highest BCUT2D eigenvalue weighted by molar-refractivity contribution is 5.82. The molecule has 3 aromatic rings. The summed E-state index contributed by atoms with van der Waals surface area (Å²) in [6, 6.07) is 6.90. The number of hydrogen-bond acceptors (Lipinski definition) is 4. The highest BCUT2D eigenvalue weighted by Gasteiger charge is 2.35. The Bertz CT molecular complexity index is 1240. The number of carbonyl (C=O) groups excluding carboxylic acids is 1. The predicted molar refractivity (Wildman–Crippen MR) is 110 cm³/mol. The fourth-order valence-electron chi connectivity index (χ4n) is 4.70. The molecule has 0 spiro atoms. The van der Waals surface area contributed by atoms with Gasteiger partial charge >= 0.3 is 11.9 Å². The Hall–Kier alpha value is -3.17. The number of nitrogens with zero attached hydrogens (tertiary/aromatic N) is 5. The van der Waals surface area contributed by atoms with Gasteiger partial charge in [-0.05, 0) is 43.4 Å². The molecule has 0 radical (unpaired) electrons. The maximum absolute atomic E-state index is 13.4. The van der Waals surface area contributed by atoms with E-state index in [0.29, 0.717) is 42.7 Å². The Labute approximate surface area is 181 Å². The molecule has 2 aromatic heterocycles. The Balaban J connectivity index is 1.55. The Morgan fingerprint density at radius 3 is 2.62 bits per heavy atom. The largest absolute Gasteiger partial charge is 0.433 e. The molecular weight excluding hydrogens is 423 g/mol. The van der Waals surface area contributed by atoms with Crippen molar-refractivity contribution in [1.82, 2.24) is 24.2 Å². The van der Waals surface area contributed by atoms with Crippen molar-refractivity contribution in [3.8, 4) is 0 Å². The fraction of sp³-hybridized carbons (Fsp3) is 0.455. The summed E-state index contributed by atoms with van der Waals surface area (Å²) in [5, 5.41) is 4.93. The van der Waals surface area contributed by atoms with E-state index in [4.69, 9.17) is 0 Å². The molecule has 1 saturated heterocycles. The van der Waals surface area contributed by atoms with Gasteiger partial charge < -0.3 is 4.90 Å². The molecule has 2 aliphatic heterocycles. The number of pyridine rings is 1. The van der Waals surface area contributed by atoms with Gasteiger partial charge in [-0.2, -0.15) is 18.3 Å². The number of aromatic nitrogens is 4. The summed E-state index contributed by atoms with van der Waals surface area (Å²) in [6.45, 7) is 1.25. The van der Waals surface area contributed by atoms with E-state index in [9.17, 15) is 22.8 Å². The summed E-state index contributed by atoms with van der Waals surface area (Å²) < 4.78 is 42.8. The van der Waals surface area contributed by atoms with Crippen molar-refractivity contribution in [2.75, 3.05) is 13.1 Å². The van der Waals surface area contributed by atoms with E-state index in [1.807, 2.05) is 0 Å². The zero-order valence-corrected chi connectivity index (χ0v) is 17.3. The lowest BCUT2D eigenvalue weighted by molar-refractivity contribution is -0.141. The first kappa shape index (κ1) is 20.7. The fourth-order valence-corrected chi connectivity index (χ4v) is 4.70. The molecular formula is C22H22F3N5O2. The van der Waals surface area contributed by atoms with Crippen molar-refractivity contribution in [3.63, 3.8) is 0 Å². The molecule has 1 fully saturated rings. The average Bonchev–Trinajstić information content (AvgIpc) is 3.41. The highest BCUT2D eigenvalue weighted by Crippen LogP contribution is 2.31. The Kier molecular flexibility index (Phi) is 5.02. The van der Waals surface area contributed by atoms with Crippen LogP contribution in [0.2, 0.25) is 0 Å². The van der Waals surface area contributed by atoms with Crippen LogP contribution in [0.25, 0.3) is 10.9 Å². The second kappa shape index (κ2) is 7.75. The van der Waals surface area contributed by atoms with E-state index >= 15 is 0 Å². The maximum atomic E-state index is 13.4. The van der Waals surface area contributed by atoms with Crippen LogP contribution in [0.3, 0.4) is 0 Å². The number of fused-ring (bicyclic) bond motifs is 2. The first-order valence-corrected chi connectivity index (χ1v) is 10.8. The SMILES string of the molecule is O=C(C1CCCc2nn(Cc3cc(C(F)(F)F)nc4ccccc34)c(=O)n21)N1CCCC1. The minimum absolute atomic E-state index is 0.0705. The van der Waals surface area contributed by atoms with Gasteiger partial charge in [0.15, 0.2) is 0 Å². The summed E-state index contributed by atoms with van der Waals surface area (Å²) >= 11 is 0. The van der Waals surface area contributed by atoms with Crippen molar-refractivity contribution < 1.29 is 18.0 Å². The first-order valence-electron chi connectivity index (χ1n) is 10.8. The quantitative estimate of drug-likeness (QED) is 0.621. The zero-order chi connectivity index (χ0) is 22.5. The molecule has 2 aliphatic rings. The van der Waals surface area contributed by atoms with Gasteiger partial charge in [-0.1, -0.05) is 18.2 Å². The van der Waals surface area contributed by atoms with Crippen LogP contribution in [0, 0.1) is 0 Å². The highest BCUT2D eigenvalue weighted by atomic mass is 19.4. The summed E-state index contributed by atoms with van der Waals surface area (Å²) in [7, 11) is 0. The van der Waals surface area contributed by atoms with Crippen molar-refractivity contribution in [3.05, 3.63) is 57.9 Å². The Morgan fingerprint density at radius 1 is 1.12 bits per heavy atom. The normalized spacial score (nSPS) is 18.8. The molecule has 1 aromatic carbocycles. The number of para-hydroxylation sites is 1. The summed E-state index contributed by atoms with van der Waals surface area (Å²) in [5.41, 5.74) is -0.962. The molecule has 1 atom stereocenters. The third-order valence-electron chi connectivity index (χ3n) is 6.25. The molecule has 10 heteroatoms. The van der Waals surface area contributed by atoms with Crippen LogP contribution in [-0.4, -0.2) is 43.2 Å². The van der Waals surface area contributed by atoms with Crippen LogP contribution < -0.4 is 5.69 Å². The third-order valence-corrected chi connectivity index (χ3v) is 6.25. The number of halogens is 3. The van der Waals surface area contributed by atoms with Crippen LogP contribution in [0.5, 0.6) is 0 Å². The molecule has 32 heavy (non-hydrogen) atoms. The molecule has 4 heterocycles. The summed E-state index contributed by atoms with van der Waals surface area (Å²) in [5.74, 6) is 0.437. The molecule has 7 nitrogen and oxygen atoms in total.